The van der Waals surface area contributed by atoms with Crippen LogP contribution in [0.15, 0.2) is 6.07 Å². The molecule has 0 bridgehead atoms. The van der Waals surface area contributed by atoms with Gasteiger partial charge in [-0.25, -0.2) is 9.97 Å². The minimum atomic E-state index is -0.392. The minimum absolute atomic E-state index is 0.233. The van der Waals surface area contributed by atoms with Crippen LogP contribution >= 0.6 is 0 Å². The van der Waals surface area contributed by atoms with Crippen LogP contribution in [0.25, 0.3) is 0 Å². The summed E-state index contributed by atoms with van der Waals surface area (Å²) >= 11 is 0. The second-order valence-corrected chi connectivity index (χ2v) is 7.43. The first-order valence-electron chi connectivity index (χ1n) is 8.39. The van der Waals surface area contributed by atoms with Gasteiger partial charge in [0.15, 0.2) is 0 Å². The molecule has 0 aliphatic carbocycles. The maximum Gasteiger partial charge on any atom is 0.235 e. The standard InChI is InChI=1S/C17H29N5O/c1-12-10-13(11-19-14(15(18)23)17(2,3)4)21-16(20-12)22-8-6-5-7-9-22/h10,14,19H,5-9,11H2,1-4H3,(H2,18,23)/t14-/m1/s1. The highest BCUT2D eigenvalue weighted by atomic mass is 16.1. The number of nitrogens with zero attached hydrogens (tertiary/aromatic N) is 3. The molecule has 6 nitrogen and oxygen atoms in total. The molecule has 0 spiro atoms. The van der Waals surface area contributed by atoms with E-state index >= 15 is 0 Å². The van der Waals surface area contributed by atoms with Gasteiger partial charge in [-0.05, 0) is 37.7 Å². The normalized spacial score (nSPS) is 17.1. The molecule has 0 aromatic carbocycles. The fourth-order valence-corrected chi connectivity index (χ4v) is 2.98. The fourth-order valence-electron chi connectivity index (χ4n) is 2.98. The Kier molecular flexibility index (Phi) is 5.57. The average molecular weight is 319 g/mol. The van der Waals surface area contributed by atoms with Crippen molar-refractivity contribution in [2.45, 2.75) is 59.5 Å². The van der Waals surface area contributed by atoms with E-state index in [9.17, 15) is 4.79 Å². The molecule has 1 aliphatic heterocycles. The molecule has 1 aromatic rings. The zero-order valence-electron chi connectivity index (χ0n) is 14.7. The molecule has 0 unspecified atom stereocenters. The zero-order chi connectivity index (χ0) is 17.0. The molecule has 1 aromatic heterocycles. The van der Waals surface area contributed by atoms with Crippen molar-refractivity contribution in [2.24, 2.45) is 11.1 Å². The smallest absolute Gasteiger partial charge is 0.235 e. The van der Waals surface area contributed by atoms with Crippen molar-refractivity contribution in [1.29, 1.82) is 0 Å². The van der Waals surface area contributed by atoms with Gasteiger partial charge >= 0.3 is 0 Å². The van der Waals surface area contributed by atoms with Crippen LogP contribution in [-0.2, 0) is 11.3 Å². The van der Waals surface area contributed by atoms with E-state index in [4.69, 9.17) is 5.73 Å². The maximum absolute atomic E-state index is 11.7. The number of amides is 1. The minimum Gasteiger partial charge on any atom is -0.368 e. The van der Waals surface area contributed by atoms with Crippen molar-refractivity contribution >= 4 is 11.9 Å². The van der Waals surface area contributed by atoms with Gasteiger partial charge in [-0.1, -0.05) is 20.8 Å². The monoisotopic (exact) mass is 319 g/mol. The van der Waals surface area contributed by atoms with E-state index in [1.807, 2.05) is 33.8 Å². The van der Waals surface area contributed by atoms with Crippen molar-refractivity contribution in [1.82, 2.24) is 15.3 Å². The lowest BCUT2D eigenvalue weighted by molar-refractivity contribution is -0.122. The topological polar surface area (TPSA) is 84.1 Å². The number of anilines is 1. The lowest BCUT2D eigenvalue weighted by Gasteiger charge is -2.29. The third-order valence-corrected chi connectivity index (χ3v) is 4.17. The molecule has 1 aliphatic rings. The SMILES string of the molecule is Cc1cc(CN[C@H](C(N)=O)C(C)(C)C)nc(N2CCCCC2)n1. The van der Waals surface area contributed by atoms with Crippen LogP contribution in [0.4, 0.5) is 5.95 Å². The Morgan fingerprint density at radius 1 is 1.30 bits per heavy atom. The number of aryl methyl sites for hydroxylation is 1. The molecule has 23 heavy (non-hydrogen) atoms. The first-order chi connectivity index (χ1) is 10.8. The number of hydrogen-bond donors (Lipinski definition) is 2. The number of piperidine rings is 1. The number of carbonyl (C=O) groups is 1. The van der Waals surface area contributed by atoms with Gasteiger partial charge in [0.2, 0.25) is 11.9 Å². The van der Waals surface area contributed by atoms with Crippen LogP contribution in [0.5, 0.6) is 0 Å². The van der Waals surface area contributed by atoms with Gasteiger partial charge in [0.05, 0.1) is 11.7 Å². The summed E-state index contributed by atoms with van der Waals surface area (Å²) in [4.78, 5) is 23.1. The third kappa shape index (κ3) is 4.89. The average Bonchev–Trinajstić information content (AvgIpc) is 2.46. The predicted molar refractivity (Wildman–Crippen MR) is 92.1 cm³/mol. The summed E-state index contributed by atoms with van der Waals surface area (Å²) in [7, 11) is 0. The Bertz CT molecular complexity index is 546. The molecule has 0 radical (unpaired) electrons. The quantitative estimate of drug-likeness (QED) is 0.864. The molecule has 1 fully saturated rings. The molecule has 2 heterocycles. The van der Waals surface area contributed by atoms with Crippen LogP contribution < -0.4 is 16.0 Å². The molecule has 6 heteroatoms. The summed E-state index contributed by atoms with van der Waals surface area (Å²) in [6, 6.07) is 1.57. The fraction of sp³-hybridized carbons (Fsp3) is 0.706. The first kappa shape index (κ1) is 17.7. The first-order valence-corrected chi connectivity index (χ1v) is 8.39. The number of primary amides is 1. The molecule has 1 amide bonds. The van der Waals surface area contributed by atoms with Crippen molar-refractivity contribution < 1.29 is 4.79 Å². The summed E-state index contributed by atoms with van der Waals surface area (Å²) in [5.41, 5.74) is 7.13. The van der Waals surface area contributed by atoms with Gasteiger partial charge in [0.1, 0.15) is 0 Å². The Labute approximate surface area is 138 Å². The van der Waals surface area contributed by atoms with E-state index in [2.05, 4.69) is 20.2 Å². The Morgan fingerprint density at radius 3 is 2.52 bits per heavy atom. The van der Waals surface area contributed by atoms with E-state index in [1.165, 1.54) is 19.3 Å². The number of nitrogens with one attached hydrogen (secondary N) is 1. The van der Waals surface area contributed by atoms with Crippen LogP contribution in [0.3, 0.4) is 0 Å². The van der Waals surface area contributed by atoms with Crippen LogP contribution in [0.2, 0.25) is 0 Å². The van der Waals surface area contributed by atoms with E-state index < -0.39 is 6.04 Å². The Morgan fingerprint density at radius 2 is 1.96 bits per heavy atom. The Balaban J connectivity index is 2.10. The van der Waals surface area contributed by atoms with Gasteiger partial charge in [0.25, 0.3) is 0 Å². The highest BCUT2D eigenvalue weighted by Gasteiger charge is 2.29. The largest absolute Gasteiger partial charge is 0.368 e. The van der Waals surface area contributed by atoms with Crippen LogP contribution in [0.1, 0.15) is 51.4 Å². The Hall–Kier alpha value is -1.69. The number of carbonyl (C=O) groups excluding carboxylic acids is 1. The summed E-state index contributed by atoms with van der Waals surface area (Å²) in [5.74, 6) is 0.465. The second kappa shape index (κ2) is 7.25. The van der Waals surface area contributed by atoms with Gasteiger partial charge in [-0.2, -0.15) is 0 Å². The summed E-state index contributed by atoms with van der Waals surface area (Å²) in [6.07, 6.45) is 3.67. The van der Waals surface area contributed by atoms with Gasteiger partial charge < -0.3 is 10.6 Å². The lowest BCUT2D eigenvalue weighted by Crippen LogP contribution is -2.49. The van der Waals surface area contributed by atoms with Gasteiger partial charge in [0, 0.05) is 25.3 Å². The molecule has 128 valence electrons. The zero-order valence-corrected chi connectivity index (χ0v) is 14.7. The van der Waals surface area contributed by atoms with Gasteiger partial charge in [-0.15, -0.1) is 0 Å². The summed E-state index contributed by atoms with van der Waals surface area (Å²) < 4.78 is 0. The molecule has 3 N–H and O–H groups in total. The molecular weight excluding hydrogens is 290 g/mol. The molecule has 2 rings (SSSR count). The third-order valence-electron chi connectivity index (χ3n) is 4.17. The highest BCUT2D eigenvalue weighted by molar-refractivity contribution is 5.80. The van der Waals surface area contributed by atoms with Crippen molar-refractivity contribution in [2.75, 3.05) is 18.0 Å². The number of aromatic nitrogens is 2. The molecule has 1 atom stereocenters. The highest BCUT2D eigenvalue weighted by Crippen LogP contribution is 2.20. The van der Waals surface area contributed by atoms with Crippen molar-refractivity contribution in [3.05, 3.63) is 17.5 Å². The molecule has 1 saturated heterocycles. The number of nitrogens with two attached hydrogens (primary N) is 1. The number of hydrogen-bond acceptors (Lipinski definition) is 5. The van der Waals surface area contributed by atoms with E-state index in [0.29, 0.717) is 6.54 Å². The lowest BCUT2D eigenvalue weighted by atomic mass is 9.86. The van der Waals surface area contributed by atoms with Crippen molar-refractivity contribution in [3.8, 4) is 0 Å². The summed E-state index contributed by atoms with van der Waals surface area (Å²) in [5, 5.41) is 3.25. The van der Waals surface area contributed by atoms with Crippen LogP contribution in [0, 0.1) is 12.3 Å². The van der Waals surface area contributed by atoms with E-state index in [-0.39, 0.29) is 11.3 Å². The van der Waals surface area contributed by atoms with Gasteiger partial charge in [-0.3, -0.25) is 10.1 Å². The summed E-state index contributed by atoms with van der Waals surface area (Å²) in [6.45, 7) is 10.5. The number of rotatable bonds is 5. The van der Waals surface area contributed by atoms with E-state index in [0.717, 1.165) is 30.4 Å². The van der Waals surface area contributed by atoms with E-state index in [1.54, 1.807) is 0 Å². The second-order valence-electron chi connectivity index (χ2n) is 7.43. The molecular formula is C17H29N5O. The van der Waals surface area contributed by atoms with Crippen LogP contribution in [-0.4, -0.2) is 35.0 Å². The van der Waals surface area contributed by atoms with Crippen molar-refractivity contribution in [3.63, 3.8) is 0 Å². The maximum atomic E-state index is 11.7. The molecule has 0 saturated carbocycles. The predicted octanol–water partition coefficient (Wildman–Crippen LogP) is 1.76.